The summed E-state index contributed by atoms with van der Waals surface area (Å²) >= 11 is 0. The molecule has 0 bridgehead atoms. The third-order valence-corrected chi connectivity index (χ3v) is 2.57. The number of carbonyl (C=O) groups excluding carboxylic acids is 1. The number of hydrogen-bond acceptors (Lipinski definition) is 4. The Morgan fingerprint density at radius 1 is 1.21 bits per heavy atom. The fraction of sp³-hybridized carbons (Fsp3) is 0.154. The molecule has 2 rings (SSSR count). The first-order valence-electron chi connectivity index (χ1n) is 5.62. The van der Waals surface area contributed by atoms with Crippen LogP contribution in [0.4, 0.5) is 4.39 Å². The van der Waals surface area contributed by atoms with Gasteiger partial charge in [-0.2, -0.15) is 5.10 Å². The number of halogens is 1. The van der Waals surface area contributed by atoms with Crippen molar-refractivity contribution in [2.24, 2.45) is 5.73 Å². The predicted molar refractivity (Wildman–Crippen MR) is 66.1 cm³/mol. The van der Waals surface area contributed by atoms with E-state index in [-0.39, 0.29) is 11.7 Å². The Morgan fingerprint density at radius 3 is 2.42 bits per heavy atom. The number of rotatable bonds is 4. The molecule has 5 nitrogen and oxygen atoms in total. The first kappa shape index (κ1) is 12.9. The van der Waals surface area contributed by atoms with Crippen molar-refractivity contribution in [2.75, 3.05) is 0 Å². The van der Waals surface area contributed by atoms with E-state index in [1.165, 1.54) is 24.3 Å². The van der Waals surface area contributed by atoms with E-state index in [1.54, 1.807) is 19.1 Å². The first-order chi connectivity index (χ1) is 9.06. The number of benzene rings is 1. The summed E-state index contributed by atoms with van der Waals surface area (Å²) in [6, 6.07) is 8.72. The molecule has 1 aromatic heterocycles. The van der Waals surface area contributed by atoms with Crippen LogP contribution in [-0.2, 0) is 4.79 Å². The average molecular weight is 261 g/mol. The molecule has 0 radical (unpaired) electrons. The lowest BCUT2D eigenvalue weighted by atomic mass is 10.1. The summed E-state index contributed by atoms with van der Waals surface area (Å²) in [5.74, 6) is -0.614. The number of ether oxygens (including phenoxy) is 1. The molecule has 0 spiro atoms. The maximum Gasteiger partial charge on any atom is 0.238 e. The second-order valence-corrected chi connectivity index (χ2v) is 3.98. The number of carbonyl (C=O) groups is 1. The van der Waals surface area contributed by atoms with E-state index in [4.69, 9.17) is 10.5 Å². The van der Waals surface area contributed by atoms with Crippen molar-refractivity contribution in [1.82, 2.24) is 10.2 Å². The average Bonchev–Trinajstić information content (AvgIpc) is 2.41. The highest BCUT2D eigenvalue weighted by atomic mass is 19.1. The second kappa shape index (κ2) is 5.43. The molecule has 1 heterocycles. The number of amides is 1. The van der Waals surface area contributed by atoms with E-state index in [9.17, 15) is 9.18 Å². The molecule has 0 saturated heterocycles. The molecule has 0 aliphatic carbocycles. The second-order valence-electron chi connectivity index (χ2n) is 3.98. The molecule has 0 aliphatic rings. The third-order valence-electron chi connectivity index (χ3n) is 2.57. The molecule has 1 atom stereocenters. The lowest BCUT2D eigenvalue weighted by Crippen LogP contribution is -2.19. The molecule has 0 saturated carbocycles. The highest BCUT2D eigenvalue weighted by Gasteiger charge is 2.13. The van der Waals surface area contributed by atoms with Gasteiger partial charge in [0, 0.05) is 6.07 Å². The molecule has 0 fully saturated rings. The van der Waals surface area contributed by atoms with E-state index in [1.807, 2.05) is 0 Å². The van der Waals surface area contributed by atoms with Crippen LogP contribution in [0.2, 0.25) is 0 Å². The van der Waals surface area contributed by atoms with Crippen molar-refractivity contribution in [1.29, 1.82) is 0 Å². The zero-order chi connectivity index (χ0) is 13.8. The van der Waals surface area contributed by atoms with Gasteiger partial charge in [-0.1, -0.05) is 0 Å². The molecule has 1 unspecified atom stereocenters. The summed E-state index contributed by atoms with van der Waals surface area (Å²) in [5, 5.41) is 7.69. The Bertz CT molecular complexity index is 569. The smallest absolute Gasteiger partial charge is 0.238 e. The summed E-state index contributed by atoms with van der Waals surface area (Å²) in [4.78, 5) is 11.0. The summed E-state index contributed by atoms with van der Waals surface area (Å²) in [6.45, 7) is 1.65. The Kier molecular flexibility index (Phi) is 3.70. The predicted octanol–water partition coefficient (Wildman–Crippen LogP) is 2.00. The summed E-state index contributed by atoms with van der Waals surface area (Å²) in [6.07, 6.45) is 0. The zero-order valence-electron chi connectivity index (χ0n) is 10.2. The van der Waals surface area contributed by atoms with Crippen LogP contribution in [0.3, 0.4) is 0 Å². The molecule has 0 aliphatic heterocycles. The van der Waals surface area contributed by atoms with E-state index in [0.29, 0.717) is 11.4 Å². The lowest BCUT2D eigenvalue weighted by Gasteiger charge is -2.07. The molecule has 6 heteroatoms. The third kappa shape index (κ3) is 3.25. The number of hydrogen-bond donors (Lipinski definition) is 1. The number of primary amides is 1. The van der Waals surface area contributed by atoms with Gasteiger partial charge in [0.25, 0.3) is 0 Å². The van der Waals surface area contributed by atoms with E-state index in [0.717, 1.165) is 0 Å². The topological polar surface area (TPSA) is 78.1 Å². The molecular weight excluding hydrogens is 249 g/mol. The minimum atomic E-state index is -0.507. The first-order valence-corrected chi connectivity index (χ1v) is 5.62. The van der Waals surface area contributed by atoms with E-state index in [2.05, 4.69) is 10.2 Å². The van der Waals surface area contributed by atoms with Gasteiger partial charge in [-0.3, -0.25) is 4.79 Å². The molecule has 1 aromatic carbocycles. The quantitative estimate of drug-likeness (QED) is 0.913. The largest absolute Gasteiger partial charge is 0.438 e. The van der Waals surface area contributed by atoms with Gasteiger partial charge in [-0.05, 0) is 37.3 Å². The van der Waals surface area contributed by atoms with Gasteiger partial charge in [-0.25, -0.2) is 4.39 Å². The minimum absolute atomic E-state index is 0.257. The molecule has 98 valence electrons. The van der Waals surface area contributed by atoms with Gasteiger partial charge in [0.1, 0.15) is 11.6 Å². The highest BCUT2D eigenvalue weighted by Crippen LogP contribution is 2.20. The fourth-order valence-electron chi connectivity index (χ4n) is 1.38. The van der Waals surface area contributed by atoms with Gasteiger partial charge < -0.3 is 10.5 Å². The van der Waals surface area contributed by atoms with Gasteiger partial charge in [-0.15, -0.1) is 5.10 Å². The fourth-order valence-corrected chi connectivity index (χ4v) is 1.38. The summed E-state index contributed by atoms with van der Waals surface area (Å²) in [5.41, 5.74) is 5.64. The standard InChI is InChI=1S/C13H12FN3O2/c1-8(13(15)18)11-6-7-12(17-16-11)19-10-4-2-9(14)3-5-10/h2-8H,1H3,(H2,15,18). The van der Waals surface area contributed by atoms with Crippen LogP contribution >= 0.6 is 0 Å². The van der Waals surface area contributed by atoms with Crippen LogP contribution in [0.15, 0.2) is 36.4 Å². The van der Waals surface area contributed by atoms with Crippen LogP contribution in [0, 0.1) is 5.82 Å². The van der Waals surface area contributed by atoms with Crippen molar-refractivity contribution in [2.45, 2.75) is 12.8 Å². The number of nitrogens with two attached hydrogens (primary N) is 1. The normalized spacial score (nSPS) is 11.9. The van der Waals surface area contributed by atoms with Crippen LogP contribution in [0.25, 0.3) is 0 Å². The van der Waals surface area contributed by atoms with Crippen LogP contribution in [-0.4, -0.2) is 16.1 Å². The van der Waals surface area contributed by atoms with Crippen molar-refractivity contribution in [3.8, 4) is 11.6 Å². The molecule has 2 aromatic rings. The Balaban J connectivity index is 2.10. The number of aromatic nitrogens is 2. The monoisotopic (exact) mass is 261 g/mol. The van der Waals surface area contributed by atoms with E-state index < -0.39 is 11.8 Å². The maximum absolute atomic E-state index is 12.7. The Labute approximate surface area is 109 Å². The zero-order valence-corrected chi connectivity index (χ0v) is 10.2. The van der Waals surface area contributed by atoms with Gasteiger partial charge in [0.05, 0.1) is 11.6 Å². The van der Waals surface area contributed by atoms with Gasteiger partial charge in [0.15, 0.2) is 0 Å². The minimum Gasteiger partial charge on any atom is -0.438 e. The Morgan fingerprint density at radius 2 is 1.89 bits per heavy atom. The molecular formula is C13H12FN3O2. The number of nitrogens with zero attached hydrogens (tertiary/aromatic N) is 2. The van der Waals surface area contributed by atoms with Crippen molar-refractivity contribution in [3.05, 3.63) is 47.9 Å². The lowest BCUT2D eigenvalue weighted by molar-refractivity contribution is -0.119. The van der Waals surface area contributed by atoms with Crippen molar-refractivity contribution < 1.29 is 13.9 Å². The summed E-state index contributed by atoms with van der Waals surface area (Å²) in [7, 11) is 0. The molecule has 19 heavy (non-hydrogen) atoms. The van der Waals surface area contributed by atoms with Crippen molar-refractivity contribution >= 4 is 5.91 Å². The van der Waals surface area contributed by atoms with Crippen LogP contribution in [0.5, 0.6) is 11.6 Å². The van der Waals surface area contributed by atoms with Crippen molar-refractivity contribution in [3.63, 3.8) is 0 Å². The SMILES string of the molecule is CC(C(N)=O)c1ccc(Oc2ccc(F)cc2)nn1. The van der Waals surface area contributed by atoms with Crippen LogP contribution < -0.4 is 10.5 Å². The highest BCUT2D eigenvalue weighted by molar-refractivity contribution is 5.80. The van der Waals surface area contributed by atoms with Crippen LogP contribution in [0.1, 0.15) is 18.5 Å². The van der Waals surface area contributed by atoms with E-state index >= 15 is 0 Å². The summed E-state index contributed by atoms with van der Waals surface area (Å²) < 4.78 is 18.1. The molecule has 2 N–H and O–H groups in total. The maximum atomic E-state index is 12.7. The Hall–Kier alpha value is -2.50. The van der Waals surface area contributed by atoms with Gasteiger partial charge >= 0.3 is 0 Å². The van der Waals surface area contributed by atoms with Gasteiger partial charge in [0.2, 0.25) is 11.8 Å². The molecule has 1 amide bonds.